The van der Waals surface area contributed by atoms with Crippen molar-refractivity contribution in [3.63, 3.8) is 0 Å². The predicted octanol–water partition coefficient (Wildman–Crippen LogP) is 10.6. The SMILES string of the molecule is CCN1CCCC1.CCOC.CCOC.CN1CCCC1.Cc1nc(C)c(C)o1.Cc1nc(C)c(C)o1.c1ccc2c(c1)CCCC2.c1ccccc1. The first kappa shape index (κ1) is 49.7. The number of aromatic nitrogens is 2. The fourth-order valence-electron chi connectivity index (χ4n) is 5.30. The number of fused-ring (bicyclic) bond motifs is 1. The molecule has 4 heterocycles. The lowest BCUT2D eigenvalue weighted by Crippen LogP contribution is -2.17. The number of oxazole rings is 2. The first-order valence-electron chi connectivity index (χ1n) is 19.8. The van der Waals surface area contributed by atoms with Crippen molar-refractivity contribution in [3.8, 4) is 0 Å². The van der Waals surface area contributed by atoms with Gasteiger partial charge in [0, 0.05) is 41.3 Å². The fourth-order valence-corrected chi connectivity index (χ4v) is 5.30. The Morgan fingerprint density at radius 1 is 0.547 bits per heavy atom. The summed E-state index contributed by atoms with van der Waals surface area (Å²) in [5.74, 6) is 3.34. The highest BCUT2D eigenvalue weighted by atomic mass is 16.5. The van der Waals surface area contributed by atoms with Crippen LogP contribution in [0, 0.1) is 41.5 Å². The van der Waals surface area contributed by atoms with Crippen LogP contribution in [-0.2, 0) is 22.3 Å². The number of nitrogens with zero attached hydrogens (tertiary/aromatic N) is 4. The molecule has 1 aliphatic carbocycles. The van der Waals surface area contributed by atoms with Crippen molar-refractivity contribution in [2.45, 2.75) is 114 Å². The standard InChI is InChI=1S/C10H12.2C6H9NO.C6H13N.C6H6.C5H11N.2C3H8O/c1-2-6-10-8-4-3-7-9(10)5-1;2*1-4-5(2)8-6(3)7-4;1-2-7-5-3-4-6-7;1-2-4-6-5-3-1;1-6-4-2-3-5-6;2*1-3-4-2/h1-2,5-6H,3-4,7-8H2;2*1-3H3;2-6H2,1H3;1-6H;2-5H2,1H3;2*3H2,1-2H3. The van der Waals surface area contributed by atoms with E-state index in [-0.39, 0.29) is 0 Å². The van der Waals surface area contributed by atoms with Crippen LogP contribution in [0.4, 0.5) is 0 Å². The Bertz CT molecular complexity index is 1220. The summed E-state index contributed by atoms with van der Waals surface area (Å²) in [6.07, 6.45) is 11.1. The highest BCUT2D eigenvalue weighted by Crippen LogP contribution is 2.19. The summed E-state index contributed by atoms with van der Waals surface area (Å²) in [7, 11) is 5.53. The molecule has 2 aliphatic heterocycles. The van der Waals surface area contributed by atoms with Crippen molar-refractivity contribution in [1.82, 2.24) is 19.8 Å². The second-order valence-electron chi connectivity index (χ2n) is 13.2. The highest BCUT2D eigenvalue weighted by Gasteiger charge is 2.07. The third-order valence-electron chi connectivity index (χ3n) is 8.75. The van der Waals surface area contributed by atoms with Crippen molar-refractivity contribution < 1.29 is 18.3 Å². The third kappa shape index (κ3) is 27.0. The molecule has 8 heteroatoms. The molecular formula is C45H76N4O4. The lowest BCUT2D eigenvalue weighted by atomic mass is 9.92. The molecule has 2 aromatic heterocycles. The number of rotatable bonds is 3. The molecule has 0 N–H and O–H groups in total. The second-order valence-corrected chi connectivity index (χ2v) is 13.2. The van der Waals surface area contributed by atoms with Gasteiger partial charge in [0.1, 0.15) is 11.5 Å². The molecule has 2 aromatic carbocycles. The van der Waals surface area contributed by atoms with Crippen LogP contribution in [0.1, 0.15) is 105 Å². The van der Waals surface area contributed by atoms with Crippen molar-refractivity contribution in [3.05, 3.63) is 106 Å². The normalized spacial score (nSPS) is 14.1. The Morgan fingerprint density at radius 3 is 1.08 bits per heavy atom. The minimum Gasteiger partial charge on any atom is -0.446 e. The second kappa shape index (κ2) is 33.3. The Balaban J connectivity index is 0.000000593. The number of hydrogen-bond donors (Lipinski definition) is 0. The van der Waals surface area contributed by atoms with E-state index < -0.39 is 0 Å². The summed E-state index contributed by atoms with van der Waals surface area (Å²) in [5.41, 5.74) is 5.13. The molecule has 7 rings (SSSR count). The maximum Gasteiger partial charge on any atom is 0.191 e. The van der Waals surface area contributed by atoms with E-state index in [1.807, 2.05) is 91.8 Å². The fraction of sp³-hybridized carbons (Fsp3) is 0.600. The molecule has 8 nitrogen and oxygen atoms in total. The molecule has 3 aliphatic rings. The molecule has 0 radical (unpaired) electrons. The van der Waals surface area contributed by atoms with Gasteiger partial charge in [-0.25, -0.2) is 9.97 Å². The van der Waals surface area contributed by atoms with Gasteiger partial charge in [0.15, 0.2) is 11.8 Å². The molecule has 0 unspecified atom stereocenters. The van der Waals surface area contributed by atoms with Crippen LogP contribution in [0.3, 0.4) is 0 Å². The number of likely N-dealkylation sites (tertiary alicyclic amines) is 2. The molecule has 0 spiro atoms. The van der Waals surface area contributed by atoms with Gasteiger partial charge >= 0.3 is 0 Å². The van der Waals surface area contributed by atoms with Gasteiger partial charge in [-0.05, 0) is 144 Å². The highest BCUT2D eigenvalue weighted by molar-refractivity contribution is 5.28. The van der Waals surface area contributed by atoms with E-state index in [0.717, 1.165) is 47.9 Å². The zero-order valence-corrected chi connectivity index (χ0v) is 35.8. The van der Waals surface area contributed by atoms with Gasteiger partial charge in [-0.2, -0.15) is 0 Å². The molecule has 0 amide bonds. The molecule has 53 heavy (non-hydrogen) atoms. The van der Waals surface area contributed by atoms with Crippen molar-refractivity contribution in [2.24, 2.45) is 0 Å². The van der Waals surface area contributed by atoms with Crippen LogP contribution in [-0.4, -0.2) is 87.0 Å². The maximum atomic E-state index is 5.10. The Morgan fingerprint density at radius 2 is 0.887 bits per heavy atom. The number of hydrogen-bond acceptors (Lipinski definition) is 8. The van der Waals surface area contributed by atoms with Crippen LogP contribution in [0.2, 0.25) is 0 Å². The zero-order chi connectivity index (χ0) is 39.7. The van der Waals surface area contributed by atoms with Crippen LogP contribution < -0.4 is 0 Å². The van der Waals surface area contributed by atoms with Crippen molar-refractivity contribution >= 4 is 0 Å². The summed E-state index contributed by atoms with van der Waals surface area (Å²) in [4.78, 5) is 12.9. The van der Waals surface area contributed by atoms with Gasteiger partial charge in [-0.3, -0.25) is 0 Å². The number of methoxy groups -OCH3 is 2. The van der Waals surface area contributed by atoms with Crippen LogP contribution in [0.5, 0.6) is 0 Å². The Kier molecular flexibility index (Phi) is 31.2. The number of ether oxygens (including phenoxy) is 2. The van der Waals surface area contributed by atoms with E-state index in [1.165, 1.54) is 84.1 Å². The minimum atomic E-state index is 0.750. The lowest BCUT2D eigenvalue weighted by molar-refractivity contribution is 0.215. The smallest absolute Gasteiger partial charge is 0.191 e. The molecule has 0 saturated carbocycles. The molecule has 0 atom stereocenters. The van der Waals surface area contributed by atoms with Crippen LogP contribution in [0.15, 0.2) is 69.5 Å². The Labute approximate surface area is 324 Å². The number of aryl methyl sites for hydroxylation is 8. The van der Waals surface area contributed by atoms with Gasteiger partial charge in [-0.1, -0.05) is 67.6 Å². The number of benzene rings is 2. The third-order valence-corrected chi connectivity index (χ3v) is 8.75. The Hall–Kier alpha value is -3.30. The van der Waals surface area contributed by atoms with Crippen molar-refractivity contribution in [2.75, 3.05) is 67.2 Å². The van der Waals surface area contributed by atoms with E-state index in [0.29, 0.717) is 0 Å². The first-order valence-corrected chi connectivity index (χ1v) is 19.8. The summed E-state index contributed by atoms with van der Waals surface area (Å²) < 4.78 is 19.3. The summed E-state index contributed by atoms with van der Waals surface area (Å²) in [6.45, 7) is 25.8. The largest absolute Gasteiger partial charge is 0.446 e. The summed E-state index contributed by atoms with van der Waals surface area (Å²) in [5, 5.41) is 0. The molecular weight excluding hydrogens is 661 g/mol. The monoisotopic (exact) mass is 737 g/mol. The minimum absolute atomic E-state index is 0.750. The van der Waals surface area contributed by atoms with E-state index in [1.54, 1.807) is 25.3 Å². The average molecular weight is 737 g/mol. The van der Waals surface area contributed by atoms with Gasteiger partial charge in [0.2, 0.25) is 0 Å². The predicted molar refractivity (Wildman–Crippen MR) is 224 cm³/mol. The van der Waals surface area contributed by atoms with Gasteiger partial charge in [0.05, 0.1) is 11.4 Å². The van der Waals surface area contributed by atoms with Crippen LogP contribution >= 0.6 is 0 Å². The van der Waals surface area contributed by atoms with Crippen LogP contribution in [0.25, 0.3) is 0 Å². The van der Waals surface area contributed by atoms with Gasteiger partial charge in [-0.15, -0.1) is 0 Å². The van der Waals surface area contributed by atoms with Gasteiger partial charge in [0.25, 0.3) is 0 Å². The molecule has 2 saturated heterocycles. The van der Waals surface area contributed by atoms with E-state index in [9.17, 15) is 0 Å². The molecule has 300 valence electrons. The maximum absolute atomic E-state index is 5.10. The molecule has 0 bridgehead atoms. The van der Waals surface area contributed by atoms with Crippen molar-refractivity contribution in [1.29, 1.82) is 0 Å². The average Bonchev–Trinajstić information content (AvgIpc) is 4.01. The quantitative estimate of drug-likeness (QED) is 0.206. The van der Waals surface area contributed by atoms with E-state index >= 15 is 0 Å². The topological polar surface area (TPSA) is 77.0 Å². The summed E-state index contributed by atoms with van der Waals surface area (Å²) in [6, 6.07) is 20.8. The molecule has 2 fully saturated rings. The molecule has 4 aromatic rings. The first-order chi connectivity index (χ1) is 25.5. The lowest BCUT2D eigenvalue weighted by Gasteiger charge is -2.13. The zero-order valence-electron chi connectivity index (χ0n) is 35.8. The summed E-state index contributed by atoms with van der Waals surface area (Å²) >= 11 is 0. The van der Waals surface area contributed by atoms with E-state index in [4.69, 9.17) is 8.83 Å². The van der Waals surface area contributed by atoms with Gasteiger partial charge < -0.3 is 28.1 Å². The van der Waals surface area contributed by atoms with E-state index in [2.05, 4.69) is 67.5 Å².